The van der Waals surface area contributed by atoms with Crippen molar-refractivity contribution < 1.29 is 4.74 Å². The lowest BCUT2D eigenvalue weighted by Gasteiger charge is -2.31. The highest BCUT2D eigenvalue weighted by molar-refractivity contribution is 4.90. The van der Waals surface area contributed by atoms with E-state index < -0.39 is 0 Å². The molecule has 0 spiro atoms. The third-order valence-electron chi connectivity index (χ3n) is 4.58. The molecular formula is C14H28N2O. The van der Waals surface area contributed by atoms with Gasteiger partial charge in [0, 0.05) is 25.7 Å². The number of ether oxygens (including phenoxy) is 1. The Kier molecular flexibility index (Phi) is 4.83. The first-order valence-electron chi connectivity index (χ1n) is 7.28. The average molecular weight is 240 g/mol. The van der Waals surface area contributed by atoms with Crippen LogP contribution in [0.2, 0.25) is 0 Å². The largest absolute Gasteiger partial charge is 0.381 e. The molecule has 3 nitrogen and oxygen atoms in total. The first-order chi connectivity index (χ1) is 8.26. The van der Waals surface area contributed by atoms with Crippen molar-refractivity contribution in [3.8, 4) is 0 Å². The van der Waals surface area contributed by atoms with Gasteiger partial charge in [-0.15, -0.1) is 0 Å². The van der Waals surface area contributed by atoms with Crippen LogP contribution in [0.1, 0.15) is 39.5 Å². The van der Waals surface area contributed by atoms with E-state index in [9.17, 15) is 0 Å². The summed E-state index contributed by atoms with van der Waals surface area (Å²) in [5.74, 6) is 0.725. The molecular weight excluding hydrogens is 212 g/mol. The highest BCUT2D eigenvalue weighted by Gasteiger charge is 2.33. The van der Waals surface area contributed by atoms with Crippen LogP contribution in [0.4, 0.5) is 0 Å². The molecule has 2 aliphatic rings. The molecule has 0 aliphatic carbocycles. The summed E-state index contributed by atoms with van der Waals surface area (Å²) < 4.78 is 5.47. The van der Waals surface area contributed by atoms with Crippen LogP contribution in [0.15, 0.2) is 0 Å². The van der Waals surface area contributed by atoms with Gasteiger partial charge in [0.25, 0.3) is 0 Å². The number of rotatable bonds is 6. The zero-order valence-corrected chi connectivity index (χ0v) is 11.4. The third kappa shape index (κ3) is 3.43. The van der Waals surface area contributed by atoms with Crippen LogP contribution in [-0.2, 0) is 4.74 Å². The van der Waals surface area contributed by atoms with Gasteiger partial charge in [-0.2, -0.15) is 0 Å². The van der Waals surface area contributed by atoms with E-state index in [0.717, 1.165) is 19.1 Å². The van der Waals surface area contributed by atoms with Gasteiger partial charge in [0.2, 0.25) is 0 Å². The molecule has 0 amide bonds. The Morgan fingerprint density at radius 1 is 1.53 bits per heavy atom. The summed E-state index contributed by atoms with van der Waals surface area (Å²) in [6.45, 7) is 10.1. The number of nitrogens with one attached hydrogen (secondary N) is 2. The average Bonchev–Trinajstić information content (AvgIpc) is 2.98. The van der Waals surface area contributed by atoms with Gasteiger partial charge in [0.05, 0.1) is 6.61 Å². The summed E-state index contributed by atoms with van der Waals surface area (Å²) >= 11 is 0. The highest BCUT2D eigenvalue weighted by Crippen LogP contribution is 2.30. The molecule has 0 saturated carbocycles. The summed E-state index contributed by atoms with van der Waals surface area (Å²) in [7, 11) is 0. The number of hydrogen-bond acceptors (Lipinski definition) is 3. The van der Waals surface area contributed by atoms with Crippen molar-refractivity contribution in [2.24, 2.45) is 11.3 Å². The van der Waals surface area contributed by atoms with Crippen molar-refractivity contribution >= 4 is 0 Å². The Morgan fingerprint density at radius 3 is 3.00 bits per heavy atom. The Morgan fingerprint density at radius 2 is 2.41 bits per heavy atom. The summed E-state index contributed by atoms with van der Waals surface area (Å²) in [5, 5.41) is 7.30. The first kappa shape index (κ1) is 13.3. The second-order valence-electron chi connectivity index (χ2n) is 5.97. The zero-order valence-electron chi connectivity index (χ0n) is 11.4. The lowest BCUT2D eigenvalue weighted by atomic mass is 9.82. The van der Waals surface area contributed by atoms with Crippen LogP contribution in [-0.4, -0.2) is 38.9 Å². The van der Waals surface area contributed by atoms with Crippen molar-refractivity contribution in [2.75, 3.05) is 32.8 Å². The Labute approximate surface area is 106 Å². The molecule has 3 unspecified atom stereocenters. The predicted octanol–water partition coefficient (Wildman–Crippen LogP) is 1.78. The smallest absolute Gasteiger partial charge is 0.0509 e. The van der Waals surface area contributed by atoms with Crippen molar-refractivity contribution in [3.05, 3.63) is 0 Å². The van der Waals surface area contributed by atoms with Gasteiger partial charge in [-0.1, -0.05) is 13.3 Å². The van der Waals surface area contributed by atoms with Crippen LogP contribution in [0.5, 0.6) is 0 Å². The van der Waals surface area contributed by atoms with Crippen molar-refractivity contribution in [1.29, 1.82) is 0 Å². The normalized spacial score (nSPS) is 35.3. The van der Waals surface area contributed by atoms with Crippen LogP contribution in [0.3, 0.4) is 0 Å². The second kappa shape index (κ2) is 6.17. The van der Waals surface area contributed by atoms with E-state index in [2.05, 4.69) is 24.5 Å². The minimum atomic E-state index is 0.516. The molecule has 3 heteroatoms. The van der Waals surface area contributed by atoms with E-state index >= 15 is 0 Å². The minimum Gasteiger partial charge on any atom is -0.381 e. The topological polar surface area (TPSA) is 33.3 Å². The number of hydrogen-bond donors (Lipinski definition) is 2. The molecule has 2 rings (SSSR count). The molecule has 2 heterocycles. The Balaban J connectivity index is 1.78. The Hall–Kier alpha value is -0.120. The van der Waals surface area contributed by atoms with Crippen molar-refractivity contribution in [1.82, 2.24) is 10.6 Å². The minimum absolute atomic E-state index is 0.516. The van der Waals surface area contributed by atoms with Crippen molar-refractivity contribution in [3.63, 3.8) is 0 Å². The van der Waals surface area contributed by atoms with Crippen LogP contribution < -0.4 is 10.6 Å². The molecule has 0 bridgehead atoms. The van der Waals surface area contributed by atoms with E-state index in [1.807, 2.05) is 0 Å². The molecule has 0 radical (unpaired) electrons. The van der Waals surface area contributed by atoms with Gasteiger partial charge < -0.3 is 15.4 Å². The molecule has 100 valence electrons. The van der Waals surface area contributed by atoms with Gasteiger partial charge in [0.15, 0.2) is 0 Å². The van der Waals surface area contributed by atoms with Gasteiger partial charge >= 0.3 is 0 Å². The summed E-state index contributed by atoms with van der Waals surface area (Å²) in [6, 6.07) is 0.604. The summed E-state index contributed by atoms with van der Waals surface area (Å²) in [4.78, 5) is 0. The van der Waals surface area contributed by atoms with Gasteiger partial charge in [-0.25, -0.2) is 0 Å². The van der Waals surface area contributed by atoms with Crippen LogP contribution in [0.25, 0.3) is 0 Å². The maximum atomic E-state index is 5.47. The molecule has 0 aromatic heterocycles. The monoisotopic (exact) mass is 240 g/mol. The summed E-state index contributed by atoms with van der Waals surface area (Å²) in [5.41, 5.74) is 0.516. The lowest BCUT2D eigenvalue weighted by molar-refractivity contribution is 0.174. The third-order valence-corrected chi connectivity index (χ3v) is 4.58. The first-order valence-corrected chi connectivity index (χ1v) is 7.28. The van der Waals surface area contributed by atoms with E-state index in [4.69, 9.17) is 4.74 Å². The molecule has 0 aromatic rings. The molecule has 2 N–H and O–H groups in total. The fraction of sp³-hybridized carbons (Fsp3) is 1.00. The van der Waals surface area contributed by atoms with Gasteiger partial charge in [-0.3, -0.25) is 0 Å². The standard InChI is InChI=1S/C14H28N2O/c1-3-5-14(6-7-15-10-14)11-16-12(2)13-4-8-17-9-13/h12-13,15-16H,3-11H2,1-2H3. The maximum Gasteiger partial charge on any atom is 0.0509 e. The van der Waals surface area contributed by atoms with Crippen molar-refractivity contribution in [2.45, 2.75) is 45.6 Å². The lowest BCUT2D eigenvalue weighted by Crippen LogP contribution is -2.43. The molecule has 0 aromatic carbocycles. The summed E-state index contributed by atoms with van der Waals surface area (Å²) in [6.07, 6.45) is 5.21. The maximum absolute atomic E-state index is 5.47. The van der Waals surface area contributed by atoms with Gasteiger partial charge in [-0.05, 0) is 44.1 Å². The second-order valence-corrected chi connectivity index (χ2v) is 5.97. The quantitative estimate of drug-likeness (QED) is 0.742. The van der Waals surface area contributed by atoms with E-state index in [0.29, 0.717) is 11.5 Å². The zero-order chi connectivity index (χ0) is 12.1. The highest BCUT2D eigenvalue weighted by atomic mass is 16.5. The van der Waals surface area contributed by atoms with Gasteiger partial charge in [0.1, 0.15) is 0 Å². The fourth-order valence-electron chi connectivity index (χ4n) is 3.27. The van der Waals surface area contributed by atoms with Crippen LogP contribution >= 0.6 is 0 Å². The molecule has 3 atom stereocenters. The SMILES string of the molecule is CCCC1(CNC(C)C2CCOC2)CCNC1. The van der Waals surface area contributed by atoms with E-state index in [1.54, 1.807) is 0 Å². The fourth-order valence-corrected chi connectivity index (χ4v) is 3.27. The molecule has 17 heavy (non-hydrogen) atoms. The molecule has 2 saturated heterocycles. The van der Waals surface area contributed by atoms with E-state index in [1.165, 1.54) is 45.3 Å². The Bertz CT molecular complexity index is 220. The van der Waals surface area contributed by atoms with Crippen LogP contribution in [0, 0.1) is 11.3 Å². The molecule has 2 aliphatic heterocycles. The predicted molar refractivity (Wildman–Crippen MR) is 71.2 cm³/mol. The van der Waals surface area contributed by atoms with E-state index in [-0.39, 0.29) is 0 Å². The molecule has 2 fully saturated rings.